The van der Waals surface area contributed by atoms with E-state index in [1.807, 2.05) is 24.3 Å². The predicted octanol–water partition coefficient (Wildman–Crippen LogP) is 3.88. The molecule has 0 radical (unpaired) electrons. The minimum Gasteiger partial charge on any atom is -0.493 e. The number of nitrogens with zero attached hydrogens (tertiary/aromatic N) is 3. The number of aromatic hydroxyl groups is 1. The topological polar surface area (TPSA) is 78.6 Å². The summed E-state index contributed by atoms with van der Waals surface area (Å²) >= 11 is 5.97. The molecular weight excluding hydrogens is 342 g/mol. The van der Waals surface area contributed by atoms with Gasteiger partial charge >= 0.3 is 6.09 Å². The average Bonchev–Trinajstić information content (AvgIpc) is 3.32. The molecule has 2 N–H and O–H groups in total. The van der Waals surface area contributed by atoms with Crippen LogP contribution < -0.4 is 0 Å². The van der Waals surface area contributed by atoms with E-state index >= 15 is 0 Å². The molecule has 2 heterocycles. The molecule has 1 saturated carbocycles. The number of rotatable bonds is 3. The van der Waals surface area contributed by atoms with E-state index in [2.05, 4.69) is 5.10 Å². The summed E-state index contributed by atoms with van der Waals surface area (Å²) < 4.78 is 1.33. The Morgan fingerprint density at radius 1 is 1.24 bits per heavy atom. The van der Waals surface area contributed by atoms with Crippen molar-refractivity contribution in [1.29, 1.82) is 0 Å². The zero-order valence-corrected chi connectivity index (χ0v) is 14.0. The number of aromatic nitrogens is 2. The van der Waals surface area contributed by atoms with E-state index in [9.17, 15) is 15.0 Å². The predicted molar refractivity (Wildman–Crippen MR) is 92.5 cm³/mol. The first-order valence-corrected chi connectivity index (χ1v) is 8.30. The van der Waals surface area contributed by atoms with E-state index < -0.39 is 12.3 Å². The number of hydrogen-bond donors (Lipinski definition) is 2. The van der Waals surface area contributed by atoms with Crippen molar-refractivity contribution in [2.24, 2.45) is 0 Å². The standard InChI is InChI=1S/C18H16ClN3O3/c19-13-6-4-12(5-7-13)18(8-9-18)14-11-16(23)22(20-14)15-3-1-2-10-21(15)17(24)25/h1-7,10-11,15,23H,8-9H2,(H,24,25). The lowest BCUT2D eigenvalue weighted by Gasteiger charge is -2.26. The summed E-state index contributed by atoms with van der Waals surface area (Å²) in [6, 6.07) is 9.24. The van der Waals surface area contributed by atoms with Crippen molar-refractivity contribution in [1.82, 2.24) is 14.7 Å². The second-order valence-corrected chi connectivity index (χ2v) is 6.69. The second-order valence-electron chi connectivity index (χ2n) is 6.25. The maximum Gasteiger partial charge on any atom is 0.413 e. The van der Waals surface area contributed by atoms with Crippen LogP contribution in [0.2, 0.25) is 5.02 Å². The maximum absolute atomic E-state index is 11.4. The van der Waals surface area contributed by atoms with Crippen LogP contribution >= 0.6 is 11.6 Å². The lowest BCUT2D eigenvalue weighted by Crippen LogP contribution is -2.33. The molecule has 1 atom stereocenters. The molecule has 1 aliphatic carbocycles. The van der Waals surface area contributed by atoms with Crippen molar-refractivity contribution in [3.63, 3.8) is 0 Å². The number of halogens is 1. The fraction of sp³-hybridized carbons (Fsp3) is 0.222. The van der Waals surface area contributed by atoms with Crippen LogP contribution in [0.15, 0.2) is 54.8 Å². The Labute approximate surface area is 149 Å². The van der Waals surface area contributed by atoms with Gasteiger partial charge in [-0.3, -0.25) is 4.90 Å². The molecule has 1 fully saturated rings. The SMILES string of the molecule is O=C(O)N1C=CC=CC1n1nc(C2(c3ccc(Cl)cc3)CC2)cc1O. The second kappa shape index (κ2) is 5.67. The molecule has 1 amide bonds. The van der Waals surface area contributed by atoms with Crippen molar-refractivity contribution in [2.45, 2.75) is 24.4 Å². The van der Waals surface area contributed by atoms with Crippen LogP contribution in [0.25, 0.3) is 0 Å². The van der Waals surface area contributed by atoms with Crippen LogP contribution in [-0.2, 0) is 5.41 Å². The van der Waals surface area contributed by atoms with Crippen LogP contribution in [0.5, 0.6) is 5.88 Å². The van der Waals surface area contributed by atoms with E-state index in [0.717, 1.165) is 29.0 Å². The highest BCUT2D eigenvalue weighted by atomic mass is 35.5. The van der Waals surface area contributed by atoms with Crippen LogP contribution in [0, 0.1) is 0 Å². The van der Waals surface area contributed by atoms with Gasteiger partial charge < -0.3 is 10.2 Å². The minimum absolute atomic E-state index is 0.0635. The van der Waals surface area contributed by atoms with E-state index in [4.69, 9.17) is 11.6 Å². The summed E-state index contributed by atoms with van der Waals surface area (Å²) in [5, 5.41) is 24.9. The van der Waals surface area contributed by atoms with Gasteiger partial charge in [0.25, 0.3) is 0 Å². The average molecular weight is 358 g/mol. The molecule has 2 aromatic rings. The van der Waals surface area contributed by atoms with Gasteiger partial charge in [-0.05, 0) is 42.7 Å². The van der Waals surface area contributed by atoms with E-state index in [-0.39, 0.29) is 11.3 Å². The van der Waals surface area contributed by atoms with E-state index in [0.29, 0.717) is 5.02 Å². The van der Waals surface area contributed by atoms with Gasteiger partial charge in [0.1, 0.15) is 0 Å². The zero-order chi connectivity index (χ0) is 17.6. The first kappa shape index (κ1) is 15.8. The van der Waals surface area contributed by atoms with Gasteiger partial charge in [-0.15, -0.1) is 0 Å². The first-order valence-electron chi connectivity index (χ1n) is 7.92. The number of allylic oxidation sites excluding steroid dienone is 2. The third-order valence-electron chi connectivity index (χ3n) is 4.75. The molecule has 25 heavy (non-hydrogen) atoms. The van der Waals surface area contributed by atoms with Crippen molar-refractivity contribution in [3.05, 3.63) is 71.0 Å². The summed E-state index contributed by atoms with van der Waals surface area (Å²) in [4.78, 5) is 12.5. The highest BCUT2D eigenvalue weighted by molar-refractivity contribution is 6.30. The van der Waals surface area contributed by atoms with E-state index in [1.165, 1.54) is 10.9 Å². The van der Waals surface area contributed by atoms with Crippen LogP contribution in [0.3, 0.4) is 0 Å². The summed E-state index contributed by atoms with van der Waals surface area (Å²) in [6.45, 7) is 0. The molecule has 0 bridgehead atoms. The molecule has 0 spiro atoms. The Kier molecular flexibility index (Phi) is 3.58. The van der Waals surface area contributed by atoms with Gasteiger partial charge in [-0.25, -0.2) is 9.48 Å². The molecule has 6 nitrogen and oxygen atoms in total. The zero-order valence-electron chi connectivity index (χ0n) is 13.2. The molecule has 1 aromatic heterocycles. The Bertz CT molecular complexity index is 881. The van der Waals surface area contributed by atoms with Gasteiger partial charge in [0.2, 0.25) is 5.88 Å². The summed E-state index contributed by atoms with van der Waals surface area (Å²) in [7, 11) is 0. The lowest BCUT2D eigenvalue weighted by molar-refractivity contribution is 0.135. The van der Waals surface area contributed by atoms with Gasteiger partial charge in [0.15, 0.2) is 6.17 Å². The third kappa shape index (κ3) is 2.59. The largest absolute Gasteiger partial charge is 0.493 e. The molecule has 2 aliphatic rings. The van der Waals surface area contributed by atoms with Crippen molar-refractivity contribution >= 4 is 17.7 Å². The molecule has 7 heteroatoms. The number of hydrogen-bond acceptors (Lipinski definition) is 3. The summed E-state index contributed by atoms with van der Waals surface area (Å²) in [5.74, 6) is -0.0635. The van der Waals surface area contributed by atoms with Crippen LogP contribution in [0.4, 0.5) is 4.79 Å². The van der Waals surface area contributed by atoms with Gasteiger partial charge in [0, 0.05) is 22.7 Å². The minimum atomic E-state index is -1.11. The molecular formula is C18H16ClN3O3. The number of amides is 1. The highest BCUT2D eigenvalue weighted by Gasteiger charge is 2.48. The lowest BCUT2D eigenvalue weighted by atomic mass is 9.93. The monoisotopic (exact) mass is 357 g/mol. The summed E-state index contributed by atoms with van der Waals surface area (Å²) in [5.41, 5.74) is 1.59. The molecule has 128 valence electrons. The van der Waals surface area contributed by atoms with Crippen molar-refractivity contribution in [2.75, 3.05) is 0 Å². The number of benzene rings is 1. The Morgan fingerprint density at radius 2 is 1.96 bits per heavy atom. The Hall–Kier alpha value is -2.73. The van der Waals surface area contributed by atoms with E-state index in [1.54, 1.807) is 24.3 Å². The molecule has 1 unspecified atom stereocenters. The Morgan fingerprint density at radius 3 is 2.60 bits per heavy atom. The number of carbonyl (C=O) groups is 1. The first-order chi connectivity index (χ1) is 12.0. The Balaban J connectivity index is 1.71. The van der Waals surface area contributed by atoms with Crippen molar-refractivity contribution < 1.29 is 15.0 Å². The normalized spacial score (nSPS) is 20.7. The highest BCUT2D eigenvalue weighted by Crippen LogP contribution is 2.53. The molecule has 0 saturated heterocycles. The van der Waals surface area contributed by atoms with Gasteiger partial charge in [0.05, 0.1) is 5.69 Å². The van der Waals surface area contributed by atoms with Gasteiger partial charge in [-0.1, -0.05) is 29.8 Å². The maximum atomic E-state index is 11.4. The molecule has 4 rings (SSSR count). The fourth-order valence-electron chi connectivity index (χ4n) is 3.26. The van der Waals surface area contributed by atoms with Crippen LogP contribution in [-0.4, -0.2) is 31.0 Å². The number of carboxylic acid groups (broad SMARTS) is 1. The summed E-state index contributed by atoms with van der Waals surface area (Å²) in [6.07, 6.45) is 6.51. The fourth-order valence-corrected chi connectivity index (χ4v) is 3.39. The van der Waals surface area contributed by atoms with Crippen LogP contribution in [0.1, 0.15) is 30.3 Å². The molecule has 1 aliphatic heterocycles. The smallest absolute Gasteiger partial charge is 0.413 e. The van der Waals surface area contributed by atoms with Gasteiger partial charge in [-0.2, -0.15) is 5.10 Å². The third-order valence-corrected chi connectivity index (χ3v) is 5.00. The molecule has 1 aromatic carbocycles. The quantitative estimate of drug-likeness (QED) is 0.873. The van der Waals surface area contributed by atoms with Crippen molar-refractivity contribution in [3.8, 4) is 5.88 Å².